The van der Waals surface area contributed by atoms with Crippen molar-refractivity contribution in [1.29, 1.82) is 0 Å². The number of aryl methyl sites for hydroxylation is 2. The molecule has 0 aromatic heterocycles. The van der Waals surface area contributed by atoms with Crippen LogP contribution < -0.4 is 10.6 Å². The van der Waals surface area contributed by atoms with Crippen LogP contribution in [0.1, 0.15) is 43.2 Å². The van der Waals surface area contributed by atoms with E-state index in [1.807, 2.05) is 12.1 Å². The lowest BCUT2D eigenvalue weighted by Crippen LogP contribution is -2.39. The zero-order chi connectivity index (χ0) is 15.0. The topological polar surface area (TPSA) is 41.1 Å². The van der Waals surface area contributed by atoms with Gasteiger partial charge >= 0.3 is 0 Å². The maximum absolute atomic E-state index is 12.3. The molecule has 1 amide bonds. The lowest BCUT2D eigenvalue weighted by molar-refractivity contribution is -0.117. The maximum Gasteiger partial charge on any atom is 0.224 e. The first-order valence-electron chi connectivity index (χ1n) is 7.84. The van der Waals surface area contributed by atoms with Crippen LogP contribution in [-0.2, 0) is 4.79 Å². The monoisotopic (exact) mass is 350 g/mol. The van der Waals surface area contributed by atoms with Gasteiger partial charge in [-0.2, -0.15) is 0 Å². The van der Waals surface area contributed by atoms with Crippen LogP contribution in [0.4, 0.5) is 5.69 Å². The molecule has 2 heterocycles. The van der Waals surface area contributed by atoms with Crippen molar-refractivity contribution in [1.82, 2.24) is 5.32 Å². The Morgan fingerprint density at radius 2 is 1.81 bits per heavy atom. The highest BCUT2D eigenvalue weighted by molar-refractivity contribution is 9.10. The van der Waals surface area contributed by atoms with Crippen molar-refractivity contribution in [3.8, 4) is 0 Å². The Bertz CT molecular complexity index is 523. The lowest BCUT2D eigenvalue weighted by Gasteiger charge is -2.28. The number of rotatable bonds is 3. The molecule has 0 radical (unpaired) electrons. The highest BCUT2D eigenvalue weighted by Crippen LogP contribution is 2.33. The summed E-state index contributed by atoms with van der Waals surface area (Å²) in [6.07, 6.45) is 5.54. The minimum atomic E-state index is 0.155. The predicted molar refractivity (Wildman–Crippen MR) is 89.5 cm³/mol. The summed E-state index contributed by atoms with van der Waals surface area (Å²) in [5, 5.41) is 6.70. The molecule has 1 aromatic carbocycles. The first-order valence-corrected chi connectivity index (χ1v) is 8.63. The van der Waals surface area contributed by atoms with Crippen LogP contribution in [0.15, 0.2) is 16.6 Å². The zero-order valence-electron chi connectivity index (χ0n) is 12.7. The van der Waals surface area contributed by atoms with Crippen molar-refractivity contribution < 1.29 is 4.79 Å². The number of nitrogens with one attached hydrogen (secondary N) is 2. The molecule has 2 aliphatic heterocycles. The smallest absolute Gasteiger partial charge is 0.224 e. The van der Waals surface area contributed by atoms with Crippen LogP contribution in [0.25, 0.3) is 0 Å². The Morgan fingerprint density at radius 1 is 1.24 bits per heavy atom. The summed E-state index contributed by atoms with van der Waals surface area (Å²) >= 11 is 3.56. The van der Waals surface area contributed by atoms with Crippen LogP contribution in [0, 0.1) is 19.8 Å². The molecule has 0 saturated carbocycles. The van der Waals surface area contributed by atoms with Gasteiger partial charge in [0.05, 0.1) is 0 Å². The van der Waals surface area contributed by atoms with Crippen LogP contribution >= 0.6 is 15.9 Å². The summed E-state index contributed by atoms with van der Waals surface area (Å²) in [4.78, 5) is 12.3. The number of anilines is 1. The van der Waals surface area contributed by atoms with Crippen molar-refractivity contribution in [2.45, 2.75) is 58.0 Å². The van der Waals surface area contributed by atoms with Gasteiger partial charge in [0.2, 0.25) is 5.91 Å². The number of amides is 1. The van der Waals surface area contributed by atoms with Gasteiger partial charge in [0.25, 0.3) is 0 Å². The Balaban J connectivity index is 1.59. The number of piperidine rings is 1. The fraction of sp³-hybridized carbons (Fsp3) is 0.588. The second-order valence-electron chi connectivity index (χ2n) is 6.65. The standard InChI is InChI=1S/C17H23BrN2O/c1-10-5-15(6-11(2)17(10)18)20-16(21)9-12-7-13-3-4-14(8-12)19-13/h5-6,12-14,19H,3-4,7-9H2,1-2H3,(H,20,21). The quantitative estimate of drug-likeness (QED) is 0.867. The Labute approximate surface area is 135 Å². The highest BCUT2D eigenvalue weighted by Gasteiger charge is 2.34. The molecule has 2 atom stereocenters. The van der Waals surface area contributed by atoms with E-state index in [1.165, 1.54) is 12.8 Å². The third-order valence-corrected chi connectivity index (χ3v) is 6.02. The van der Waals surface area contributed by atoms with E-state index in [9.17, 15) is 4.79 Å². The average Bonchev–Trinajstić information content (AvgIpc) is 2.75. The summed E-state index contributed by atoms with van der Waals surface area (Å²) in [5.41, 5.74) is 3.23. The average molecular weight is 351 g/mol. The minimum Gasteiger partial charge on any atom is -0.326 e. The molecule has 2 N–H and O–H groups in total. The second-order valence-corrected chi connectivity index (χ2v) is 7.44. The molecular weight excluding hydrogens is 328 g/mol. The molecule has 2 aliphatic rings. The molecule has 21 heavy (non-hydrogen) atoms. The molecule has 114 valence electrons. The summed E-state index contributed by atoms with van der Waals surface area (Å²) in [7, 11) is 0. The Morgan fingerprint density at radius 3 is 2.38 bits per heavy atom. The first-order chi connectivity index (χ1) is 10.0. The number of benzene rings is 1. The third kappa shape index (κ3) is 3.49. The molecule has 0 aliphatic carbocycles. The lowest BCUT2D eigenvalue weighted by atomic mass is 9.89. The van der Waals surface area contributed by atoms with E-state index in [1.54, 1.807) is 0 Å². The van der Waals surface area contributed by atoms with Gasteiger partial charge in [0.1, 0.15) is 0 Å². The number of halogens is 1. The van der Waals surface area contributed by atoms with E-state index < -0.39 is 0 Å². The molecule has 3 nitrogen and oxygen atoms in total. The number of carbonyl (C=O) groups is 1. The van der Waals surface area contributed by atoms with Gasteiger partial charge in [-0.1, -0.05) is 15.9 Å². The third-order valence-electron chi connectivity index (χ3n) is 4.76. The molecule has 2 saturated heterocycles. The van der Waals surface area contributed by atoms with E-state index in [0.717, 1.165) is 34.1 Å². The fourth-order valence-electron chi connectivity index (χ4n) is 3.83. The Hall–Kier alpha value is -0.870. The normalized spacial score (nSPS) is 27.7. The Kier molecular flexibility index (Phi) is 4.36. The number of fused-ring (bicyclic) bond motifs is 2. The van der Waals surface area contributed by atoms with E-state index in [4.69, 9.17) is 0 Å². The van der Waals surface area contributed by atoms with Crippen LogP contribution in [-0.4, -0.2) is 18.0 Å². The van der Waals surface area contributed by atoms with Crippen molar-refractivity contribution in [2.75, 3.05) is 5.32 Å². The van der Waals surface area contributed by atoms with Gasteiger partial charge in [0, 0.05) is 28.7 Å². The zero-order valence-corrected chi connectivity index (χ0v) is 14.3. The summed E-state index contributed by atoms with van der Waals surface area (Å²) in [5.74, 6) is 0.698. The predicted octanol–water partition coefficient (Wildman–Crippen LogP) is 3.93. The van der Waals surface area contributed by atoms with Crippen LogP contribution in [0.5, 0.6) is 0 Å². The van der Waals surface area contributed by atoms with Crippen molar-refractivity contribution in [3.63, 3.8) is 0 Å². The molecule has 4 heteroatoms. The minimum absolute atomic E-state index is 0.155. The van der Waals surface area contributed by atoms with Gasteiger partial charge in [-0.25, -0.2) is 0 Å². The largest absolute Gasteiger partial charge is 0.326 e. The summed E-state index contributed by atoms with van der Waals surface area (Å²) in [6, 6.07) is 5.36. The second kappa shape index (κ2) is 6.09. The number of carbonyl (C=O) groups excluding carboxylic acids is 1. The first kappa shape index (κ1) is 15.0. The molecule has 0 spiro atoms. The molecule has 3 rings (SSSR count). The van der Waals surface area contributed by atoms with E-state index in [-0.39, 0.29) is 5.91 Å². The highest BCUT2D eigenvalue weighted by atomic mass is 79.9. The van der Waals surface area contributed by atoms with Gasteiger partial charge in [-0.15, -0.1) is 0 Å². The molecule has 1 aromatic rings. The van der Waals surface area contributed by atoms with Crippen molar-refractivity contribution in [3.05, 3.63) is 27.7 Å². The summed E-state index contributed by atoms with van der Waals surface area (Å²) < 4.78 is 1.12. The molecule has 2 bridgehead atoms. The number of hydrogen-bond acceptors (Lipinski definition) is 2. The van der Waals surface area contributed by atoms with E-state index in [0.29, 0.717) is 24.4 Å². The molecule has 2 fully saturated rings. The van der Waals surface area contributed by atoms with Gasteiger partial charge in [-0.05, 0) is 68.7 Å². The fourth-order valence-corrected chi connectivity index (χ4v) is 4.06. The van der Waals surface area contributed by atoms with Gasteiger partial charge < -0.3 is 10.6 Å². The van der Waals surface area contributed by atoms with Crippen LogP contribution in [0.3, 0.4) is 0 Å². The van der Waals surface area contributed by atoms with E-state index >= 15 is 0 Å². The van der Waals surface area contributed by atoms with Gasteiger partial charge in [0.15, 0.2) is 0 Å². The molecule has 2 unspecified atom stereocenters. The van der Waals surface area contributed by atoms with Crippen molar-refractivity contribution in [2.24, 2.45) is 5.92 Å². The van der Waals surface area contributed by atoms with Crippen LogP contribution in [0.2, 0.25) is 0 Å². The van der Waals surface area contributed by atoms with E-state index in [2.05, 4.69) is 40.4 Å². The van der Waals surface area contributed by atoms with Gasteiger partial charge in [-0.3, -0.25) is 4.79 Å². The maximum atomic E-state index is 12.3. The molecular formula is C17H23BrN2O. The SMILES string of the molecule is Cc1cc(NC(=O)CC2CC3CCC(C2)N3)cc(C)c1Br. The summed E-state index contributed by atoms with van der Waals surface area (Å²) in [6.45, 7) is 4.11. The van der Waals surface area contributed by atoms with Crippen molar-refractivity contribution >= 4 is 27.5 Å². The number of hydrogen-bond donors (Lipinski definition) is 2.